The monoisotopic (exact) mass is 354 g/mol. The number of carbonyl (C=O) groups is 1. The molecule has 26 heavy (non-hydrogen) atoms. The van der Waals surface area contributed by atoms with Crippen molar-refractivity contribution in [2.24, 2.45) is 0 Å². The van der Waals surface area contributed by atoms with Gasteiger partial charge in [-0.15, -0.1) is 0 Å². The summed E-state index contributed by atoms with van der Waals surface area (Å²) in [4.78, 5) is 16.3. The number of likely N-dealkylation sites (tertiary alicyclic amines) is 1. The summed E-state index contributed by atoms with van der Waals surface area (Å²) in [5.41, 5.74) is 3.79. The van der Waals surface area contributed by atoms with E-state index in [1.165, 1.54) is 30.5 Å². The average Bonchev–Trinajstić information content (AvgIpc) is 3.42. The maximum Gasteiger partial charge on any atom is 0.227 e. The average molecular weight is 354 g/mol. The van der Waals surface area contributed by atoms with Crippen LogP contribution in [0.3, 0.4) is 0 Å². The van der Waals surface area contributed by atoms with Gasteiger partial charge in [0.05, 0.1) is 24.1 Å². The Morgan fingerprint density at radius 2 is 2.00 bits per heavy atom. The minimum atomic E-state index is 0.226. The molecule has 7 nitrogen and oxygen atoms in total. The van der Waals surface area contributed by atoms with Gasteiger partial charge < -0.3 is 4.90 Å². The van der Waals surface area contributed by atoms with Crippen LogP contribution in [0.1, 0.15) is 49.4 Å². The Kier molecular flexibility index (Phi) is 4.04. The normalized spacial score (nSPS) is 23.8. The number of aromatic nitrogens is 4. The predicted molar refractivity (Wildman–Crippen MR) is 97.9 cm³/mol. The molecule has 7 heteroatoms. The second-order valence-electron chi connectivity index (χ2n) is 7.80. The van der Waals surface area contributed by atoms with Crippen molar-refractivity contribution in [3.8, 4) is 0 Å². The minimum absolute atomic E-state index is 0.226. The number of fused-ring (bicyclic) bond motifs is 1. The highest BCUT2D eigenvalue weighted by atomic mass is 16.2. The molecule has 2 saturated heterocycles. The zero-order valence-corrected chi connectivity index (χ0v) is 15.2. The second kappa shape index (κ2) is 6.54. The van der Waals surface area contributed by atoms with Gasteiger partial charge >= 0.3 is 0 Å². The molecule has 0 saturated carbocycles. The second-order valence-corrected chi connectivity index (χ2v) is 7.80. The van der Waals surface area contributed by atoms with E-state index in [2.05, 4.69) is 36.9 Å². The smallest absolute Gasteiger partial charge is 0.227 e. The van der Waals surface area contributed by atoms with E-state index >= 15 is 0 Å². The number of hydrogen-bond acceptors (Lipinski definition) is 4. The third-order valence-electron chi connectivity index (χ3n) is 6.06. The molecule has 5 rings (SSSR count). The summed E-state index contributed by atoms with van der Waals surface area (Å²) >= 11 is 0. The predicted octanol–water partition coefficient (Wildman–Crippen LogP) is 1.99. The van der Waals surface area contributed by atoms with Crippen molar-refractivity contribution >= 4 is 11.6 Å². The van der Waals surface area contributed by atoms with Crippen LogP contribution < -0.4 is 4.90 Å². The Bertz CT molecular complexity index is 809. The zero-order chi connectivity index (χ0) is 17.5. The maximum atomic E-state index is 11.9. The summed E-state index contributed by atoms with van der Waals surface area (Å²) < 4.78 is 4.26. The summed E-state index contributed by atoms with van der Waals surface area (Å²) in [7, 11) is 0. The molecule has 138 valence electrons. The molecule has 1 atom stereocenters. The van der Waals surface area contributed by atoms with Crippen molar-refractivity contribution in [1.29, 1.82) is 0 Å². The molecule has 0 aromatic carbocycles. The third kappa shape index (κ3) is 2.84. The molecule has 2 aromatic heterocycles. The fraction of sp³-hybridized carbons (Fsp3) is 0.632. The first kappa shape index (κ1) is 16.1. The van der Waals surface area contributed by atoms with Crippen LogP contribution in [0.15, 0.2) is 18.6 Å². The van der Waals surface area contributed by atoms with Crippen molar-refractivity contribution in [1.82, 2.24) is 24.5 Å². The number of rotatable bonds is 4. The van der Waals surface area contributed by atoms with Crippen molar-refractivity contribution in [2.75, 3.05) is 24.5 Å². The summed E-state index contributed by atoms with van der Waals surface area (Å²) in [6.45, 7) is 4.99. The maximum absolute atomic E-state index is 11.9. The van der Waals surface area contributed by atoms with Crippen molar-refractivity contribution in [2.45, 2.75) is 57.7 Å². The van der Waals surface area contributed by atoms with Gasteiger partial charge in [-0.3, -0.25) is 19.1 Å². The lowest BCUT2D eigenvalue weighted by Crippen LogP contribution is -2.23. The molecule has 3 aliphatic rings. The Balaban J connectivity index is 1.24. The Labute approximate surface area is 153 Å². The molecule has 2 aromatic rings. The van der Waals surface area contributed by atoms with Gasteiger partial charge in [0.2, 0.25) is 5.91 Å². The van der Waals surface area contributed by atoms with E-state index in [-0.39, 0.29) is 5.91 Å². The highest BCUT2D eigenvalue weighted by Gasteiger charge is 2.28. The van der Waals surface area contributed by atoms with Gasteiger partial charge in [-0.1, -0.05) is 0 Å². The fourth-order valence-electron chi connectivity index (χ4n) is 4.62. The fourth-order valence-corrected chi connectivity index (χ4v) is 4.62. The highest BCUT2D eigenvalue weighted by molar-refractivity contribution is 5.95. The third-order valence-corrected chi connectivity index (χ3v) is 6.06. The lowest BCUT2D eigenvalue weighted by molar-refractivity contribution is -0.117. The van der Waals surface area contributed by atoms with Crippen LogP contribution in [0.25, 0.3) is 0 Å². The van der Waals surface area contributed by atoms with E-state index in [4.69, 9.17) is 0 Å². The molecule has 0 N–H and O–H groups in total. The molecule has 5 heterocycles. The van der Waals surface area contributed by atoms with Gasteiger partial charge in [-0.25, -0.2) is 0 Å². The van der Waals surface area contributed by atoms with Crippen LogP contribution in [0.4, 0.5) is 5.69 Å². The molecule has 0 aliphatic carbocycles. The molecule has 1 unspecified atom stereocenters. The first-order valence-corrected chi connectivity index (χ1v) is 9.88. The molecule has 0 spiro atoms. The van der Waals surface area contributed by atoms with Crippen LogP contribution >= 0.6 is 0 Å². The first-order valence-electron chi connectivity index (χ1n) is 9.88. The summed E-state index contributed by atoms with van der Waals surface area (Å²) in [5.74, 6) is 0.226. The number of nitrogens with zero attached hydrogens (tertiary/aromatic N) is 6. The standard InChI is InChI=1S/C19H26N6O/c26-19-5-3-7-23(19)17-11-21-25(14-17)16-6-9-22(13-16)12-15-10-20-24-8-2-1-4-18(15)24/h10-11,14,16H,1-9,12-13H2. The largest absolute Gasteiger partial charge is 0.309 e. The zero-order valence-electron chi connectivity index (χ0n) is 15.2. The van der Waals surface area contributed by atoms with Crippen LogP contribution in [0.5, 0.6) is 0 Å². The van der Waals surface area contributed by atoms with Gasteiger partial charge in [-0.2, -0.15) is 10.2 Å². The molecule has 2 fully saturated rings. The van der Waals surface area contributed by atoms with Crippen LogP contribution in [-0.4, -0.2) is 50.0 Å². The van der Waals surface area contributed by atoms with E-state index in [0.29, 0.717) is 12.5 Å². The number of hydrogen-bond donors (Lipinski definition) is 0. The summed E-state index contributed by atoms with van der Waals surface area (Å²) in [6, 6.07) is 0.396. The first-order chi connectivity index (χ1) is 12.8. The van der Waals surface area contributed by atoms with Crippen molar-refractivity contribution in [3.05, 3.63) is 29.8 Å². The van der Waals surface area contributed by atoms with E-state index in [1.807, 2.05) is 11.1 Å². The van der Waals surface area contributed by atoms with Crippen LogP contribution in [-0.2, 0) is 24.3 Å². The van der Waals surface area contributed by atoms with Gasteiger partial charge in [-0.05, 0) is 32.1 Å². The molecule has 0 bridgehead atoms. The molecular weight excluding hydrogens is 328 g/mol. The van der Waals surface area contributed by atoms with E-state index in [1.54, 1.807) is 0 Å². The number of aryl methyl sites for hydroxylation is 1. The van der Waals surface area contributed by atoms with E-state index < -0.39 is 0 Å². The summed E-state index contributed by atoms with van der Waals surface area (Å²) in [6.07, 6.45) is 12.4. The topological polar surface area (TPSA) is 59.2 Å². The van der Waals surface area contributed by atoms with Gasteiger partial charge in [0, 0.05) is 56.6 Å². The van der Waals surface area contributed by atoms with Crippen molar-refractivity contribution in [3.63, 3.8) is 0 Å². The molecular formula is C19H26N6O. The Morgan fingerprint density at radius 3 is 2.88 bits per heavy atom. The molecule has 0 radical (unpaired) electrons. The van der Waals surface area contributed by atoms with Crippen LogP contribution in [0.2, 0.25) is 0 Å². The van der Waals surface area contributed by atoms with Crippen molar-refractivity contribution < 1.29 is 4.79 Å². The quantitative estimate of drug-likeness (QED) is 0.842. The van der Waals surface area contributed by atoms with Gasteiger partial charge in [0.25, 0.3) is 0 Å². The Hall–Kier alpha value is -2.15. The SMILES string of the molecule is O=C1CCCN1c1cnn(C2CCN(Cc3cnn4c3CCCC4)C2)c1. The summed E-state index contributed by atoms with van der Waals surface area (Å²) in [5, 5.41) is 9.12. The number of anilines is 1. The number of carbonyl (C=O) groups excluding carboxylic acids is 1. The van der Waals surface area contributed by atoms with E-state index in [0.717, 1.165) is 51.3 Å². The van der Waals surface area contributed by atoms with E-state index in [9.17, 15) is 4.79 Å². The van der Waals surface area contributed by atoms with Crippen LogP contribution in [0, 0.1) is 0 Å². The van der Waals surface area contributed by atoms with Gasteiger partial charge in [0.1, 0.15) is 0 Å². The lowest BCUT2D eigenvalue weighted by Gasteiger charge is -2.19. The molecule has 3 aliphatic heterocycles. The molecule has 1 amide bonds. The highest BCUT2D eigenvalue weighted by Crippen LogP contribution is 2.27. The lowest BCUT2D eigenvalue weighted by atomic mass is 10.1. The minimum Gasteiger partial charge on any atom is -0.309 e. The Morgan fingerprint density at radius 1 is 1.04 bits per heavy atom. The van der Waals surface area contributed by atoms with Gasteiger partial charge in [0.15, 0.2) is 0 Å². The number of amides is 1.